The largest absolute Gasteiger partial charge is 0.472 e. The summed E-state index contributed by atoms with van der Waals surface area (Å²) in [6.45, 7) is 11.8. The van der Waals surface area contributed by atoms with Crippen molar-refractivity contribution in [3.8, 4) is 0 Å². The number of aliphatic hydroxyl groups is 1. The minimum Gasteiger partial charge on any atom is -0.462 e. The van der Waals surface area contributed by atoms with E-state index in [2.05, 4.69) is 72.8 Å². The highest BCUT2D eigenvalue weighted by Crippen LogP contribution is 2.45. The number of carbonyl (C=O) groups is 4. The first-order valence-corrected chi connectivity index (χ1v) is 41.7. The van der Waals surface area contributed by atoms with Crippen LogP contribution in [0.15, 0.2) is 24.3 Å². The summed E-state index contributed by atoms with van der Waals surface area (Å²) in [5.41, 5.74) is 0. The Kier molecular flexibility index (Phi) is 64.4. The zero-order chi connectivity index (χ0) is 70.1. The number of phosphoric acid groups is 2. The molecule has 0 fully saturated rings. The highest BCUT2D eigenvalue weighted by Gasteiger charge is 2.30. The van der Waals surface area contributed by atoms with Crippen LogP contribution in [0.4, 0.5) is 0 Å². The van der Waals surface area contributed by atoms with E-state index in [4.69, 9.17) is 37.0 Å². The molecule has 0 heterocycles. The Hall–Kier alpha value is -2.46. The third kappa shape index (κ3) is 68.5. The molecule has 0 aliphatic rings. The summed E-state index contributed by atoms with van der Waals surface area (Å²) in [5.74, 6) is 0.121. The first kappa shape index (κ1) is 92.5. The summed E-state index contributed by atoms with van der Waals surface area (Å²) in [7, 11) is -9.93. The van der Waals surface area contributed by atoms with Gasteiger partial charge in [0.2, 0.25) is 0 Å². The third-order valence-electron chi connectivity index (χ3n) is 17.4. The molecule has 95 heavy (non-hydrogen) atoms. The molecule has 19 heteroatoms. The monoisotopic (exact) mass is 1390 g/mol. The summed E-state index contributed by atoms with van der Waals surface area (Å²) in [6.07, 6.45) is 55.0. The van der Waals surface area contributed by atoms with Crippen LogP contribution in [0.5, 0.6) is 0 Å². The summed E-state index contributed by atoms with van der Waals surface area (Å²) in [5, 5.41) is 10.6. The van der Waals surface area contributed by atoms with E-state index in [0.717, 1.165) is 127 Å². The lowest BCUT2D eigenvalue weighted by Crippen LogP contribution is -2.30. The Morgan fingerprint density at radius 3 is 0.937 bits per heavy atom. The molecule has 0 amide bonds. The fourth-order valence-electron chi connectivity index (χ4n) is 11.0. The Morgan fingerprint density at radius 2 is 0.621 bits per heavy atom. The molecule has 560 valence electrons. The molecule has 3 N–H and O–H groups in total. The number of rotatable bonds is 72. The maximum Gasteiger partial charge on any atom is 0.472 e. The van der Waals surface area contributed by atoms with Crippen molar-refractivity contribution in [2.24, 2.45) is 17.8 Å². The van der Waals surface area contributed by atoms with Gasteiger partial charge in [-0.1, -0.05) is 310 Å². The lowest BCUT2D eigenvalue weighted by molar-refractivity contribution is -0.161. The molecule has 0 bridgehead atoms. The Labute approximate surface area is 580 Å². The van der Waals surface area contributed by atoms with Crippen LogP contribution in [-0.4, -0.2) is 96.7 Å². The van der Waals surface area contributed by atoms with E-state index in [1.54, 1.807) is 0 Å². The quantitative estimate of drug-likeness (QED) is 0.0169. The zero-order valence-electron chi connectivity index (χ0n) is 61.6. The number of hydrogen-bond donors (Lipinski definition) is 3. The summed E-state index contributed by atoms with van der Waals surface area (Å²) < 4.78 is 68.5. The van der Waals surface area contributed by atoms with Crippen LogP contribution in [0.2, 0.25) is 0 Å². The molecule has 6 atom stereocenters. The lowest BCUT2D eigenvalue weighted by atomic mass is 10.00. The minimum atomic E-state index is -4.96. The van der Waals surface area contributed by atoms with E-state index in [9.17, 15) is 43.2 Å². The molecule has 0 aromatic rings. The van der Waals surface area contributed by atoms with Crippen LogP contribution in [0, 0.1) is 17.8 Å². The second kappa shape index (κ2) is 66.1. The Balaban J connectivity index is 5.27. The van der Waals surface area contributed by atoms with Gasteiger partial charge in [-0.3, -0.25) is 37.3 Å². The first-order valence-electron chi connectivity index (χ1n) is 38.7. The predicted octanol–water partition coefficient (Wildman–Crippen LogP) is 21.7. The van der Waals surface area contributed by atoms with Crippen LogP contribution in [0.3, 0.4) is 0 Å². The van der Waals surface area contributed by atoms with Gasteiger partial charge >= 0.3 is 39.5 Å². The van der Waals surface area contributed by atoms with Gasteiger partial charge in [0.15, 0.2) is 12.2 Å². The fourth-order valence-corrected chi connectivity index (χ4v) is 12.6. The molecule has 0 spiro atoms. The first-order chi connectivity index (χ1) is 45.8. The minimum absolute atomic E-state index is 0.0843. The topological polar surface area (TPSA) is 237 Å². The van der Waals surface area contributed by atoms with E-state index in [1.807, 2.05) is 0 Å². The SMILES string of the molecule is CCCCCC/C=C\C=C/CCCCCCCC(=O)O[C@H](COC(=O)CCCCCCCCCCCC(C)C)COP(=O)(O)OC[C@@H](O)COP(=O)(O)OC[C@@H](COC(=O)CCCCCCCCC(C)CC)OC(=O)CCCCCCCCCCCCCCCCCC(C)C. The lowest BCUT2D eigenvalue weighted by Gasteiger charge is -2.21. The molecule has 0 rings (SSSR count). The third-order valence-corrected chi connectivity index (χ3v) is 19.3. The van der Waals surface area contributed by atoms with Crippen LogP contribution < -0.4 is 0 Å². The van der Waals surface area contributed by atoms with Crippen LogP contribution in [-0.2, 0) is 65.4 Å². The number of esters is 4. The van der Waals surface area contributed by atoms with Crippen molar-refractivity contribution in [2.45, 2.75) is 381 Å². The Bertz CT molecular complexity index is 1950. The van der Waals surface area contributed by atoms with Gasteiger partial charge < -0.3 is 33.8 Å². The number of carbonyl (C=O) groups excluding carboxylic acids is 4. The van der Waals surface area contributed by atoms with E-state index >= 15 is 0 Å². The van der Waals surface area contributed by atoms with Crippen LogP contribution in [0.1, 0.15) is 363 Å². The molecule has 0 aliphatic carbocycles. The average Bonchev–Trinajstić information content (AvgIpc) is 1.20. The molecule has 17 nitrogen and oxygen atoms in total. The summed E-state index contributed by atoms with van der Waals surface area (Å²) in [6, 6.07) is 0. The van der Waals surface area contributed by atoms with Crippen molar-refractivity contribution < 1.29 is 80.2 Å². The van der Waals surface area contributed by atoms with Gasteiger partial charge in [0, 0.05) is 25.7 Å². The van der Waals surface area contributed by atoms with E-state index in [1.165, 1.54) is 154 Å². The van der Waals surface area contributed by atoms with Crippen molar-refractivity contribution in [3.63, 3.8) is 0 Å². The van der Waals surface area contributed by atoms with Crippen molar-refractivity contribution in [1.82, 2.24) is 0 Å². The molecule has 0 radical (unpaired) electrons. The number of aliphatic hydroxyl groups excluding tert-OH is 1. The molecule has 0 saturated carbocycles. The molecule has 0 aromatic heterocycles. The van der Waals surface area contributed by atoms with Crippen LogP contribution >= 0.6 is 15.6 Å². The van der Waals surface area contributed by atoms with E-state index in [-0.39, 0.29) is 25.7 Å². The predicted molar refractivity (Wildman–Crippen MR) is 386 cm³/mol. The molecule has 0 aromatic carbocycles. The van der Waals surface area contributed by atoms with Gasteiger partial charge in [-0.05, 0) is 69.1 Å². The standard InChI is InChI=1S/C76H144O17P2/c1-8-10-11-12-13-14-15-16-18-22-25-30-36-45-52-59-75(80)92-71(63-86-73(78)57-50-43-35-32-27-29-34-41-48-55-68(5)6)65-90-94(82,83)88-61-70(77)62-89-95(84,85)91-66-72(64-87-74(79)58-51-44-39-38-42-49-56-69(7)9-2)93-76(81)60-53-46-37-31-26-23-20-17-19-21-24-28-33-40-47-54-67(3)4/h14-16,18,67-72,77H,8-13,17,19-66H2,1-7H3,(H,82,83)(H,84,85)/b15-14-,18-16-/t69?,70-,71-,72-/m1/s1. The Morgan fingerprint density at radius 1 is 0.347 bits per heavy atom. The molecule has 0 saturated heterocycles. The van der Waals surface area contributed by atoms with Gasteiger partial charge in [0.25, 0.3) is 0 Å². The zero-order valence-corrected chi connectivity index (χ0v) is 63.4. The van der Waals surface area contributed by atoms with Gasteiger partial charge in [-0.25, -0.2) is 9.13 Å². The molecule has 0 aliphatic heterocycles. The molecular weight excluding hydrogens is 1250 g/mol. The summed E-state index contributed by atoms with van der Waals surface area (Å²) in [4.78, 5) is 72.8. The van der Waals surface area contributed by atoms with Crippen LogP contribution in [0.25, 0.3) is 0 Å². The maximum absolute atomic E-state index is 13.1. The molecular formula is C76H144O17P2. The van der Waals surface area contributed by atoms with Crippen molar-refractivity contribution in [1.29, 1.82) is 0 Å². The fraction of sp³-hybridized carbons (Fsp3) is 0.895. The van der Waals surface area contributed by atoms with E-state index in [0.29, 0.717) is 25.7 Å². The smallest absolute Gasteiger partial charge is 0.462 e. The second-order valence-electron chi connectivity index (χ2n) is 27.9. The number of ether oxygens (including phenoxy) is 4. The normalized spacial score (nSPS) is 14.5. The number of allylic oxidation sites excluding steroid dienone is 4. The summed E-state index contributed by atoms with van der Waals surface area (Å²) >= 11 is 0. The van der Waals surface area contributed by atoms with Gasteiger partial charge in [0.05, 0.1) is 26.4 Å². The highest BCUT2D eigenvalue weighted by molar-refractivity contribution is 7.47. The van der Waals surface area contributed by atoms with Crippen molar-refractivity contribution in [2.75, 3.05) is 39.6 Å². The number of phosphoric ester groups is 2. The van der Waals surface area contributed by atoms with Crippen molar-refractivity contribution >= 4 is 39.5 Å². The van der Waals surface area contributed by atoms with E-state index < -0.39 is 97.5 Å². The van der Waals surface area contributed by atoms with Gasteiger partial charge in [-0.15, -0.1) is 0 Å². The molecule has 3 unspecified atom stereocenters. The highest BCUT2D eigenvalue weighted by atomic mass is 31.2. The second-order valence-corrected chi connectivity index (χ2v) is 30.8. The van der Waals surface area contributed by atoms with Gasteiger partial charge in [-0.2, -0.15) is 0 Å². The van der Waals surface area contributed by atoms with Crippen molar-refractivity contribution in [3.05, 3.63) is 24.3 Å². The maximum atomic E-state index is 13.1. The van der Waals surface area contributed by atoms with Gasteiger partial charge in [0.1, 0.15) is 19.3 Å². The average molecular weight is 1390 g/mol. The number of hydrogen-bond acceptors (Lipinski definition) is 15. The number of unbranched alkanes of at least 4 members (excludes halogenated alkanes) is 36.